The van der Waals surface area contributed by atoms with Crippen LogP contribution in [-0.4, -0.2) is 41.3 Å². The molecule has 0 fully saturated rings. The van der Waals surface area contributed by atoms with Crippen LogP contribution >= 0.6 is 0 Å². The zero-order valence-electron chi connectivity index (χ0n) is 13.6. The Morgan fingerprint density at radius 2 is 1.52 bits per heavy atom. The van der Waals surface area contributed by atoms with E-state index in [4.69, 9.17) is 18.0 Å². The van der Waals surface area contributed by atoms with E-state index in [0.717, 1.165) is 0 Å². The van der Waals surface area contributed by atoms with Crippen molar-refractivity contribution in [2.75, 3.05) is 26.4 Å². The molecule has 0 aliphatic carbocycles. The molecular formula is C16H28O4Si. The number of rotatable bonds is 11. The lowest BCUT2D eigenvalue weighted by Gasteiger charge is -2.29. The quantitative estimate of drug-likeness (QED) is 0.464. The van der Waals surface area contributed by atoms with Gasteiger partial charge in [-0.2, -0.15) is 0 Å². The molecule has 0 aliphatic heterocycles. The van der Waals surface area contributed by atoms with E-state index in [-0.39, 0.29) is 6.10 Å². The van der Waals surface area contributed by atoms with Crippen molar-refractivity contribution in [2.45, 2.75) is 39.8 Å². The lowest BCUT2D eigenvalue weighted by molar-refractivity contribution is 0.0152. The van der Waals surface area contributed by atoms with Gasteiger partial charge in [0.25, 0.3) is 0 Å². The molecule has 1 rings (SSSR count). The average Bonchev–Trinajstić information content (AvgIpc) is 2.45. The normalized spacial score (nSPS) is 12.0. The van der Waals surface area contributed by atoms with Crippen molar-refractivity contribution in [3.63, 3.8) is 0 Å². The van der Waals surface area contributed by atoms with Crippen LogP contribution in [0.4, 0.5) is 0 Å². The van der Waals surface area contributed by atoms with Gasteiger partial charge in [-0.05, 0) is 33.3 Å². The van der Waals surface area contributed by atoms with Crippen LogP contribution in [0.25, 0.3) is 0 Å². The van der Waals surface area contributed by atoms with Crippen LogP contribution in [0.2, 0.25) is 0 Å². The highest BCUT2D eigenvalue weighted by Crippen LogP contribution is 2.17. The van der Waals surface area contributed by atoms with Crippen LogP contribution in [-0.2, 0) is 24.1 Å². The molecule has 0 saturated carbocycles. The maximum atomic E-state index is 6.03. The fourth-order valence-electron chi connectivity index (χ4n) is 2.04. The molecule has 0 radical (unpaired) electrons. The van der Waals surface area contributed by atoms with Crippen LogP contribution in [0.15, 0.2) is 30.3 Å². The summed E-state index contributed by atoms with van der Waals surface area (Å²) in [5.41, 5.74) is 1.18. The van der Waals surface area contributed by atoms with Crippen LogP contribution < -0.4 is 0 Å². The molecule has 1 aromatic carbocycles. The Morgan fingerprint density at radius 3 is 2.05 bits per heavy atom. The van der Waals surface area contributed by atoms with Gasteiger partial charge in [-0.3, -0.25) is 0 Å². The third kappa shape index (κ3) is 7.20. The van der Waals surface area contributed by atoms with Gasteiger partial charge >= 0.3 is 8.80 Å². The molecule has 4 nitrogen and oxygen atoms in total. The predicted octanol–water partition coefficient (Wildman–Crippen LogP) is 3.22. The molecule has 0 bridgehead atoms. The molecule has 120 valence electrons. The standard InChI is InChI=1S/C16H28O4Si/c1-5-18-21(19-6-2,20-13-12-17-15(3)4)14-16-10-8-7-9-11-16/h7-11,15H,5-6,12-14H2,1-4H3. The van der Waals surface area contributed by atoms with Gasteiger partial charge in [0.15, 0.2) is 0 Å². The maximum Gasteiger partial charge on any atom is 0.505 e. The Balaban J connectivity index is 2.67. The summed E-state index contributed by atoms with van der Waals surface area (Å²) in [6.45, 7) is 10.2. The Hall–Kier alpha value is -0.723. The smallest absolute Gasteiger partial charge is 0.376 e. The minimum atomic E-state index is -2.69. The van der Waals surface area contributed by atoms with Gasteiger partial charge in [0.1, 0.15) is 0 Å². The summed E-state index contributed by atoms with van der Waals surface area (Å²) < 4.78 is 23.4. The highest BCUT2D eigenvalue weighted by molar-refractivity contribution is 6.60. The summed E-state index contributed by atoms with van der Waals surface area (Å²) in [5, 5.41) is 0. The summed E-state index contributed by atoms with van der Waals surface area (Å²) in [6, 6.07) is 10.9. The summed E-state index contributed by atoms with van der Waals surface area (Å²) in [5.74, 6) is 0. The summed E-state index contributed by atoms with van der Waals surface area (Å²) in [6.07, 6.45) is 0.206. The monoisotopic (exact) mass is 312 g/mol. The van der Waals surface area contributed by atoms with Crippen LogP contribution in [0.5, 0.6) is 0 Å². The Kier molecular flexibility index (Phi) is 8.80. The van der Waals surface area contributed by atoms with Crippen molar-refractivity contribution in [2.24, 2.45) is 0 Å². The molecule has 0 unspecified atom stereocenters. The minimum Gasteiger partial charge on any atom is -0.376 e. The van der Waals surface area contributed by atoms with E-state index in [1.165, 1.54) is 5.56 Å². The fraction of sp³-hybridized carbons (Fsp3) is 0.625. The predicted molar refractivity (Wildman–Crippen MR) is 86.2 cm³/mol. The first-order valence-electron chi connectivity index (χ1n) is 7.69. The number of benzene rings is 1. The second-order valence-electron chi connectivity index (χ2n) is 4.98. The second-order valence-corrected chi connectivity index (χ2v) is 7.57. The number of ether oxygens (including phenoxy) is 1. The van der Waals surface area contributed by atoms with Gasteiger partial charge in [-0.15, -0.1) is 0 Å². The van der Waals surface area contributed by atoms with E-state index in [1.807, 2.05) is 45.9 Å². The molecule has 0 spiro atoms. The summed E-state index contributed by atoms with van der Waals surface area (Å²) in [7, 11) is -2.69. The highest BCUT2D eigenvalue weighted by Gasteiger charge is 2.40. The topological polar surface area (TPSA) is 36.9 Å². The van der Waals surface area contributed by atoms with E-state index < -0.39 is 8.80 Å². The van der Waals surface area contributed by atoms with Gasteiger partial charge in [-0.1, -0.05) is 30.3 Å². The number of hydrogen-bond acceptors (Lipinski definition) is 4. The first-order chi connectivity index (χ1) is 10.1. The zero-order chi connectivity index (χ0) is 15.6. The summed E-state index contributed by atoms with van der Waals surface area (Å²) >= 11 is 0. The van der Waals surface area contributed by atoms with Crippen LogP contribution in [0.3, 0.4) is 0 Å². The van der Waals surface area contributed by atoms with Crippen molar-refractivity contribution < 1.29 is 18.0 Å². The lowest BCUT2D eigenvalue weighted by Crippen LogP contribution is -2.49. The van der Waals surface area contributed by atoms with Crippen LogP contribution in [0, 0.1) is 0 Å². The molecule has 0 aliphatic rings. The van der Waals surface area contributed by atoms with E-state index in [9.17, 15) is 0 Å². The highest BCUT2D eigenvalue weighted by atomic mass is 28.4. The molecule has 0 amide bonds. The fourth-order valence-corrected chi connectivity index (χ4v) is 4.61. The van der Waals surface area contributed by atoms with E-state index in [1.54, 1.807) is 0 Å². The van der Waals surface area contributed by atoms with Gasteiger partial charge in [-0.25, -0.2) is 0 Å². The Morgan fingerprint density at radius 1 is 0.905 bits per heavy atom. The van der Waals surface area contributed by atoms with Crippen molar-refractivity contribution >= 4 is 8.80 Å². The Labute approximate surface area is 129 Å². The molecular weight excluding hydrogens is 284 g/mol. The van der Waals surface area contributed by atoms with Crippen LogP contribution in [0.1, 0.15) is 33.3 Å². The first-order valence-corrected chi connectivity index (χ1v) is 9.62. The Bertz CT molecular complexity index is 364. The maximum absolute atomic E-state index is 6.03. The largest absolute Gasteiger partial charge is 0.505 e. The first kappa shape index (κ1) is 18.3. The number of hydrogen-bond donors (Lipinski definition) is 0. The second kappa shape index (κ2) is 10.1. The SMILES string of the molecule is CCO[Si](Cc1ccccc1)(OCC)OCCOC(C)C. The van der Waals surface area contributed by atoms with E-state index >= 15 is 0 Å². The van der Waals surface area contributed by atoms with Crippen molar-refractivity contribution in [3.05, 3.63) is 35.9 Å². The van der Waals surface area contributed by atoms with Gasteiger partial charge < -0.3 is 18.0 Å². The third-order valence-electron chi connectivity index (χ3n) is 2.85. The van der Waals surface area contributed by atoms with Crippen molar-refractivity contribution in [3.8, 4) is 0 Å². The molecule has 0 aromatic heterocycles. The molecule has 0 saturated heterocycles. The van der Waals surface area contributed by atoms with Crippen molar-refractivity contribution in [1.29, 1.82) is 0 Å². The average molecular weight is 312 g/mol. The minimum absolute atomic E-state index is 0.206. The van der Waals surface area contributed by atoms with Gasteiger partial charge in [0, 0.05) is 19.3 Å². The third-order valence-corrected chi connectivity index (χ3v) is 5.79. The molecule has 5 heteroatoms. The molecule has 1 aromatic rings. The summed E-state index contributed by atoms with van der Waals surface area (Å²) in [4.78, 5) is 0. The molecule has 0 atom stereocenters. The van der Waals surface area contributed by atoms with Gasteiger partial charge in [0.2, 0.25) is 0 Å². The lowest BCUT2D eigenvalue weighted by atomic mass is 10.2. The molecule has 0 heterocycles. The zero-order valence-corrected chi connectivity index (χ0v) is 14.6. The molecule has 21 heavy (non-hydrogen) atoms. The van der Waals surface area contributed by atoms with E-state index in [2.05, 4.69) is 12.1 Å². The molecule has 0 N–H and O–H groups in total. The van der Waals surface area contributed by atoms with E-state index in [0.29, 0.717) is 32.5 Å². The van der Waals surface area contributed by atoms with Crippen molar-refractivity contribution in [1.82, 2.24) is 0 Å². The van der Waals surface area contributed by atoms with Gasteiger partial charge in [0.05, 0.1) is 19.3 Å².